The van der Waals surface area contributed by atoms with E-state index in [4.69, 9.17) is 0 Å². The number of pyridine rings is 1. The minimum atomic E-state index is -0.0937. The van der Waals surface area contributed by atoms with Crippen LogP contribution in [-0.2, 0) is 5.41 Å². The van der Waals surface area contributed by atoms with Crippen LogP contribution in [0.4, 0.5) is 0 Å². The van der Waals surface area contributed by atoms with Gasteiger partial charge in [-0.1, -0.05) is 37.6 Å². The zero-order valence-electron chi connectivity index (χ0n) is 17.1. The molecule has 0 bridgehead atoms. The summed E-state index contributed by atoms with van der Waals surface area (Å²) in [5.41, 5.74) is 8.75. The molecule has 5 rings (SSSR count). The van der Waals surface area contributed by atoms with Gasteiger partial charge in [-0.15, -0.1) is 0 Å². The number of benzene rings is 1. The first kappa shape index (κ1) is 17.9. The van der Waals surface area contributed by atoms with E-state index in [1.54, 1.807) is 0 Å². The molecule has 1 aliphatic carbocycles. The molecule has 1 amide bonds. The zero-order valence-corrected chi connectivity index (χ0v) is 17.1. The van der Waals surface area contributed by atoms with Crippen LogP contribution in [-0.4, -0.2) is 22.4 Å². The van der Waals surface area contributed by atoms with Gasteiger partial charge in [0.1, 0.15) is 5.65 Å². The van der Waals surface area contributed by atoms with Crippen molar-refractivity contribution in [2.45, 2.75) is 39.0 Å². The highest BCUT2D eigenvalue weighted by atomic mass is 16.1. The predicted molar refractivity (Wildman–Crippen MR) is 122 cm³/mol. The summed E-state index contributed by atoms with van der Waals surface area (Å²) in [5.74, 6) is 0.0141. The Labute approximate surface area is 173 Å². The van der Waals surface area contributed by atoms with Gasteiger partial charge in [0.2, 0.25) is 0 Å². The average molecular weight is 388 g/mol. The fraction of sp³-hybridized carbons (Fsp3) is 0.280. The minimum absolute atomic E-state index is 0. The van der Waals surface area contributed by atoms with E-state index >= 15 is 0 Å². The third kappa shape index (κ3) is 2.91. The number of fused-ring (bicyclic) bond motifs is 2. The maximum absolute atomic E-state index is 12.3. The molecule has 2 aliphatic rings. The Bertz CT molecular complexity index is 1220. The molecule has 0 atom stereocenters. The summed E-state index contributed by atoms with van der Waals surface area (Å²) in [4.78, 5) is 20.3. The van der Waals surface area contributed by atoms with Gasteiger partial charge >= 0.3 is 0 Å². The number of rotatable bonds is 2. The predicted octanol–water partition coefficient (Wildman–Crippen LogP) is 5.87. The number of nitrogens with zero attached hydrogens (tertiary/aromatic N) is 1. The molecular weight excluding hydrogens is 358 g/mol. The van der Waals surface area contributed by atoms with Gasteiger partial charge in [-0.25, -0.2) is 4.98 Å². The molecule has 2 N–H and O–H groups in total. The monoisotopic (exact) mass is 387 g/mol. The molecule has 29 heavy (non-hydrogen) atoms. The quantitative estimate of drug-likeness (QED) is 0.578. The third-order valence-electron chi connectivity index (χ3n) is 6.27. The van der Waals surface area contributed by atoms with Crippen LogP contribution in [0, 0.1) is 0 Å². The molecule has 2 aromatic heterocycles. The summed E-state index contributed by atoms with van der Waals surface area (Å²) >= 11 is 0. The fourth-order valence-electron chi connectivity index (χ4n) is 4.47. The number of hydrogen-bond acceptors (Lipinski definition) is 2. The summed E-state index contributed by atoms with van der Waals surface area (Å²) in [5, 5.41) is 4.10. The molecule has 0 unspecified atom stereocenters. The summed E-state index contributed by atoms with van der Waals surface area (Å²) in [6.45, 7) is 7.21. The van der Waals surface area contributed by atoms with Crippen LogP contribution >= 0.6 is 0 Å². The van der Waals surface area contributed by atoms with Crippen molar-refractivity contribution < 1.29 is 7.65 Å². The van der Waals surface area contributed by atoms with Crippen LogP contribution in [0.25, 0.3) is 27.7 Å². The first-order valence-corrected chi connectivity index (χ1v) is 10.2. The number of hydrogen-bond donors (Lipinski definition) is 2. The van der Waals surface area contributed by atoms with E-state index in [0.717, 1.165) is 51.7 Å². The lowest BCUT2D eigenvalue weighted by molar-refractivity contribution is 0.0930. The first-order valence-electron chi connectivity index (χ1n) is 10.2. The molecule has 0 fully saturated rings. The van der Waals surface area contributed by atoms with Gasteiger partial charge in [0.15, 0.2) is 0 Å². The Kier molecular flexibility index (Phi) is 3.98. The molecule has 0 saturated heterocycles. The Morgan fingerprint density at radius 3 is 2.83 bits per heavy atom. The van der Waals surface area contributed by atoms with E-state index in [0.29, 0.717) is 6.54 Å². The van der Waals surface area contributed by atoms with Crippen molar-refractivity contribution in [3.8, 4) is 11.1 Å². The van der Waals surface area contributed by atoms with Crippen LogP contribution in [0.5, 0.6) is 0 Å². The molecule has 1 aliphatic heterocycles. The lowest BCUT2D eigenvalue weighted by atomic mass is 9.78. The van der Waals surface area contributed by atoms with Gasteiger partial charge in [-0.2, -0.15) is 0 Å². The second-order valence-electron chi connectivity index (χ2n) is 8.78. The van der Waals surface area contributed by atoms with Crippen molar-refractivity contribution in [2.75, 3.05) is 6.54 Å². The van der Waals surface area contributed by atoms with Crippen LogP contribution in [0.1, 0.15) is 58.0 Å². The maximum Gasteiger partial charge on any atom is 0.251 e. The number of aromatic amines is 1. The highest BCUT2D eigenvalue weighted by Gasteiger charge is 2.31. The number of carbonyl (C=O) groups excluding carboxylic acids is 1. The van der Waals surface area contributed by atoms with E-state index in [1.165, 1.54) is 11.1 Å². The number of carbonyl (C=O) groups is 1. The largest absolute Gasteiger partial charge is 0.351 e. The van der Waals surface area contributed by atoms with Crippen LogP contribution in [0.15, 0.2) is 54.4 Å². The number of aromatic nitrogens is 2. The fourth-order valence-corrected chi connectivity index (χ4v) is 4.47. The summed E-state index contributed by atoms with van der Waals surface area (Å²) < 4.78 is 0. The van der Waals surface area contributed by atoms with Gasteiger partial charge < -0.3 is 10.3 Å². The first-order chi connectivity index (χ1) is 13.9. The second-order valence-corrected chi connectivity index (χ2v) is 8.78. The molecule has 150 valence electrons. The van der Waals surface area contributed by atoms with E-state index < -0.39 is 0 Å². The third-order valence-corrected chi connectivity index (χ3v) is 6.27. The molecule has 0 radical (unpaired) electrons. The van der Waals surface area contributed by atoms with E-state index in [2.05, 4.69) is 60.3 Å². The SMILES string of the molecule is CC1=C(c2cnc3[nH]cc(-c4ccc5c(c4)C(C)(C)CNC5=O)c3c2)C=CCC1.[HH].[HH]. The Balaban J connectivity index is 0.00000136. The van der Waals surface area contributed by atoms with Crippen LogP contribution in [0.3, 0.4) is 0 Å². The van der Waals surface area contributed by atoms with Gasteiger partial charge in [0.05, 0.1) is 0 Å². The molecule has 3 heterocycles. The highest BCUT2D eigenvalue weighted by molar-refractivity contribution is 6.00. The molecule has 3 aromatic rings. The number of H-pyrrole nitrogens is 1. The van der Waals surface area contributed by atoms with Crippen molar-refractivity contribution >= 4 is 22.5 Å². The molecule has 4 nitrogen and oxygen atoms in total. The lowest BCUT2D eigenvalue weighted by Crippen LogP contribution is -2.43. The summed E-state index contributed by atoms with van der Waals surface area (Å²) in [7, 11) is 0. The smallest absolute Gasteiger partial charge is 0.251 e. The molecular formula is C25H29N3O. The summed E-state index contributed by atoms with van der Waals surface area (Å²) in [6.07, 6.45) is 10.6. The van der Waals surface area contributed by atoms with E-state index in [-0.39, 0.29) is 14.2 Å². The standard InChI is InChI=1S/C25H25N3O.2H2/c1-15-6-4-5-7-18(15)17-10-20-21(13-27-23(20)26-12-17)16-8-9-19-22(11-16)25(2,3)14-28-24(19)29;;/h5,7-13H,4,6,14H2,1-3H3,(H,26,27)(H,28,29);2*1H. The topological polar surface area (TPSA) is 57.8 Å². The van der Waals surface area contributed by atoms with Gasteiger partial charge in [0, 0.05) is 49.3 Å². The van der Waals surface area contributed by atoms with Gasteiger partial charge in [0.25, 0.3) is 5.91 Å². The average Bonchev–Trinajstić information content (AvgIpc) is 3.14. The molecule has 0 saturated carbocycles. The normalized spacial score (nSPS) is 18.1. The van der Waals surface area contributed by atoms with Crippen molar-refractivity contribution in [1.29, 1.82) is 0 Å². The van der Waals surface area contributed by atoms with E-state index in [9.17, 15) is 4.79 Å². The lowest BCUT2D eigenvalue weighted by Gasteiger charge is -2.32. The van der Waals surface area contributed by atoms with Crippen molar-refractivity contribution in [3.05, 3.63) is 71.1 Å². The number of allylic oxidation sites excluding steroid dienone is 4. The van der Waals surface area contributed by atoms with Crippen molar-refractivity contribution in [2.24, 2.45) is 0 Å². The minimum Gasteiger partial charge on any atom is -0.351 e. The second kappa shape index (κ2) is 6.45. The number of nitrogens with one attached hydrogen (secondary N) is 2. The molecule has 4 heteroatoms. The summed E-state index contributed by atoms with van der Waals surface area (Å²) in [6, 6.07) is 8.40. The maximum atomic E-state index is 12.3. The van der Waals surface area contributed by atoms with Gasteiger partial charge in [-0.05, 0) is 54.7 Å². The van der Waals surface area contributed by atoms with E-state index in [1.807, 2.05) is 24.5 Å². The van der Waals surface area contributed by atoms with Crippen LogP contribution < -0.4 is 5.32 Å². The Morgan fingerprint density at radius 1 is 1.14 bits per heavy atom. The molecule has 0 spiro atoms. The zero-order chi connectivity index (χ0) is 20.2. The highest BCUT2D eigenvalue weighted by Crippen LogP contribution is 2.36. The molecule has 1 aromatic carbocycles. The Morgan fingerprint density at radius 2 is 2.00 bits per heavy atom. The van der Waals surface area contributed by atoms with Crippen molar-refractivity contribution in [1.82, 2.24) is 15.3 Å². The van der Waals surface area contributed by atoms with Crippen LogP contribution in [0.2, 0.25) is 0 Å². The number of amides is 1. The van der Waals surface area contributed by atoms with Gasteiger partial charge in [-0.3, -0.25) is 4.79 Å². The van der Waals surface area contributed by atoms with Crippen molar-refractivity contribution in [3.63, 3.8) is 0 Å². The Hall–Kier alpha value is -3.14.